The van der Waals surface area contributed by atoms with E-state index in [1.165, 1.54) is 92.9 Å². The van der Waals surface area contributed by atoms with Gasteiger partial charge in [-0.2, -0.15) is 5.26 Å². The van der Waals surface area contributed by atoms with E-state index in [1.807, 2.05) is 24.3 Å². The van der Waals surface area contributed by atoms with E-state index in [0.29, 0.717) is 28.5 Å². The van der Waals surface area contributed by atoms with Crippen molar-refractivity contribution >= 4 is 10.8 Å². The molecule has 326 valence electrons. The summed E-state index contributed by atoms with van der Waals surface area (Å²) in [5.41, 5.74) is 11.8. The van der Waals surface area contributed by atoms with Gasteiger partial charge in [0.25, 0.3) is 0 Å². The second-order valence-corrected chi connectivity index (χ2v) is 21.5. The molecule has 0 spiro atoms. The maximum Gasteiger partial charge on any atom is 0.164 e. The highest BCUT2D eigenvalue weighted by molar-refractivity contribution is 6.04. The van der Waals surface area contributed by atoms with Crippen LogP contribution in [0.15, 0.2) is 133 Å². The van der Waals surface area contributed by atoms with E-state index in [-0.39, 0.29) is 5.41 Å². The van der Waals surface area contributed by atoms with Crippen LogP contribution in [0, 0.1) is 46.8 Å². The zero-order chi connectivity index (χ0) is 44.3. The number of rotatable bonds is 8. The Morgan fingerprint density at radius 1 is 0.477 bits per heavy atom. The highest BCUT2D eigenvalue weighted by Gasteiger charge is 2.46. The lowest BCUT2D eigenvalue weighted by Crippen LogP contribution is -2.42. The molecule has 0 amide bonds. The van der Waals surface area contributed by atoms with Gasteiger partial charge in [-0.25, -0.2) is 15.0 Å². The van der Waals surface area contributed by atoms with Crippen molar-refractivity contribution in [3.8, 4) is 62.5 Å². The smallest absolute Gasteiger partial charge is 0.164 e. The second-order valence-electron chi connectivity index (χ2n) is 21.5. The van der Waals surface area contributed by atoms with Crippen molar-refractivity contribution in [3.05, 3.63) is 150 Å². The molecule has 4 heteroatoms. The maximum absolute atomic E-state index is 9.48. The maximum atomic E-state index is 9.48. The molecule has 0 N–H and O–H groups in total. The molecule has 11 rings (SSSR count). The first kappa shape index (κ1) is 41.8. The number of hydrogen-bond donors (Lipinski definition) is 0. The Balaban J connectivity index is 0.990. The molecule has 4 saturated carbocycles. The fraction of sp³-hybridized carbons (Fsp3) is 0.377. The Bertz CT molecular complexity index is 2880. The van der Waals surface area contributed by atoms with E-state index < -0.39 is 0 Å². The third-order valence-electron chi connectivity index (χ3n) is 16.5. The monoisotopic (exact) mass is 850 g/mol. The molecule has 6 aromatic carbocycles. The van der Waals surface area contributed by atoms with Gasteiger partial charge in [0.15, 0.2) is 17.5 Å². The first-order chi connectivity index (χ1) is 31.7. The lowest BCUT2D eigenvalue weighted by molar-refractivity contribution is 0.0702. The zero-order valence-corrected chi connectivity index (χ0v) is 38.7. The molecule has 65 heavy (non-hydrogen) atoms. The van der Waals surface area contributed by atoms with Crippen LogP contribution in [0.1, 0.15) is 115 Å². The third-order valence-corrected chi connectivity index (χ3v) is 16.5. The summed E-state index contributed by atoms with van der Waals surface area (Å²) in [5.74, 6) is 6.86. The molecule has 4 fully saturated rings. The summed E-state index contributed by atoms with van der Waals surface area (Å²) < 4.78 is 0. The summed E-state index contributed by atoms with van der Waals surface area (Å²) in [6.07, 6.45) is 14.7. The molecule has 0 saturated heterocycles. The standard InChI is InChI=1S/C61H62N4/c1-5-42-30-45-29-41(4)34-61(35-42,37-45)52-21-17-46(18-22-52)49-9-8-10-50(31-49)58-63-57(48-19-23-51(24-20-48)60-32-39(2)27-44(36-60)28-40(3)33-60)64-59(65-58)56-26-25-53(54-11-6-7-12-55(54)56)47-15-13-43(38-62)14-16-47/h6-26,31,39-42,44-45H,5,27-30,32-37H2,1-4H3/t39-,40+,41-,42+,44?,45-,60?,61?/m0/s1. The van der Waals surface area contributed by atoms with Crippen molar-refractivity contribution in [2.45, 2.75) is 109 Å². The van der Waals surface area contributed by atoms with Gasteiger partial charge in [-0.1, -0.05) is 143 Å². The minimum absolute atomic E-state index is 0.257. The average Bonchev–Trinajstić information content (AvgIpc) is 3.33. The quantitative estimate of drug-likeness (QED) is 0.153. The predicted molar refractivity (Wildman–Crippen MR) is 267 cm³/mol. The minimum Gasteiger partial charge on any atom is -0.208 e. The molecule has 4 aliphatic rings. The van der Waals surface area contributed by atoms with Crippen LogP contribution in [0.4, 0.5) is 0 Å². The van der Waals surface area contributed by atoms with E-state index in [4.69, 9.17) is 15.0 Å². The first-order valence-corrected chi connectivity index (χ1v) is 24.8. The van der Waals surface area contributed by atoms with Gasteiger partial charge < -0.3 is 0 Å². The number of aromatic nitrogens is 3. The molecule has 7 aromatic rings. The molecule has 3 unspecified atom stereocenters. The van der Waals surface area contributed by atoms with Crippen molar-refractivity contribution in [2.75, 3.05) is 0 Å². The van der Waals surface area contributed by atoms with Crippen LogP contribution in [-0.2, 0) is 10.8 Å². The second kappa shape index (κ2) is 16.8. The highest BCUT2D eigenvalue weighted by atomic mass is 15.0. The Morgan fingerprint density at radius 2 is 0.985 bits per heavy atom. The molecule has 0 aliphatic heterocycles. The number of nitrogens with zero attached hydrogens (tertiary/aromatic N) is 4. The Kier molecular flexibility index (Phi) is 10.8. The van der Waals surface area contributed by atoms with E-state index in [1.54, 1.807) is 0 Å². The van der Waals surface area contributed by atoms with E-state index >= 15 is 0 Å². The van der Waals surface area contributed by atoms with E-state index in [9.17, 15) is 5.26 Å². The fourth-order valence-corrected chi connectivity index (χ4v) is 14.3. The molecular weight excluding hydrogens is 789 g/mol. The summed E-state index contributed by atoms with van der Waals surface area (Å²) in [7, 11) is 0. The first-order valence-electron chi connectivity index (χ1n) is 24.8. The fourth-order valence-electron chi connectivity index (χ4n) is 14.3. The van der Waals surface area contributed by atoms with Crippen LogP contribution in [0.25, 0.3) is 67.2 Å². The molecule has 4 bridgehead atoms. The van der Waals surface area contributed by atoms with Gasteiger partial charge in [0, 0.05) is 16.7 Å². The number of benzene rings is 6. The van der Waals surface area contributed by atoms with Crippen LogP contribution in [-0.4, -0.2) is 15.0 Å². The summed E-state index contributed by atoms with van der Waals surface area (Å²) in [4.78, 5) is 16.0. The minimum atomic E-state index is 0.257. The normalized spacial score (nSPS) is 27.2. The molecule has 4 nitrogen and oxygen atoms in total. The van der Waals surface area contributed by atoms with Gasteiger partial charge in [-0.15, -0.1) is 0 Å². The molecule has 0 radical (unpaired) electrons. The van der Waals surface area contributed by atoms with Crippen LogP contribution in [0.3, 0.4) is 0 Å². The van der Waals surface area contributed by atoms with Crippen LogP contribution >= 0.6 is 0 Å². The van der Waals surface area contributed by atoms with Crippen molar-refractivity contribution in [3.63, 3.8) is 0 Å². The molecule has 1 aromatic heterocycles. The third kappa shape index (κ3) is 7.90. The highest BCUT2D eigenvalue weighted by Crippen LogP contribution is 2.56. The summed E-state index contributed by atoms with van der Waals surface area (Å²) in [5, 5.41) is 11.7. The van der Waals surface area contributed by atoms with Crippen LogP contribution < -0.4 is 0 Å². The van der Waals surface area contributed by atoms with E-state index in [0.717, 1.165) is 74.1 Å². The Morgan fingerprint density at radius 3 is 1.60 bits per heavy atom. The van der Waals surface area contributed by atoms with Crippen LogP contribution in [0.2, 0.25) is 0 Å². The number of fused-ring (bicyclic) bond motifs is 5. The topological polar surface area (TPSA) is 62.5 Å². The van der Waals surface area contributed by atoms with Gasteiger partial charge in [0.1, 0.15) is 0 Å². The summed E-state index contributed by atoms with van der Waals surface area (Å²) in [6, 6.07) is 50.7. The molecule has 1 heterocycles. The number of hydrogen-bond acceptors (Lipinski definition) is 4. The lowest BCUT2D eigenvalue weighted by atomic mass is 9.54. The van der Waals surface area contributed by atoms with Gasteiger partial charge >= 0.3 is 0 Å². The van der Waals surface area contributed by atoms with Gasteiger partial charge in [-0.05, 0) is 179 Å². The number of nitriles is 1. The van der Waals surface area contributed by atoms with Gasteiger partial charge in [0.05, 0.1) is 11.6 Å². The van der Waals surface area contributed by atoms with Gasteiger partial charge in [0.2, 0.25) is 0 Å². The molecule has 8 atom stereocenters. The van der Waals surface area contributed by atoms with Crippen molar-refractivity contribution in [1.29, 1.82) is 5.26 Å². The van der Waals surface area contributed by atoms with E-state index in [2.05, 4.69) is 143 Å². The summed E-state index contributed by atoms with van der Waals surface area (Å²) in [6.45, 7) is 9.81. The van der Waals surface area contributed by atoms with Gasteiger partial charge in [-0.3, -0.25) is 0 Å². The van der Waals surface area contributed by atoms with Crippen molar-refractivity contribution in [1.82, 2.24) is 15.0 Å². The SMILES string of the molecule is CC[C@@H]1C[C@@H]2C[C@H](C)CC(c3ccc(-c4cccc(-c5nc(-c6ccc(C78CC(C[C@@H](C)C7)C[C@H](C)C8)cc6)nc(-c6ccc(-c7ccc(C#N)cc7)c7ccccc67)n5)c4)cc3)(C1)C2. The van der Waals surface area contributed by atoms with Crippen LogP contribution in [0.5, 0.6) is 0 Å². The van der Waals surface area contributed by atoms with Crippen molar-refractivity contribution < 1.29 is 0 Å². The molecule has 4 aliphatic carbocycles. The zero-order valence-electron chi connectivity index (χ0n) is 38.7. The molecular formula is C61H62N4. The summed E-state index contributed by atoms with van der Waals surface area (Å²) >= 11 is 0. The predicted octanol–water partition coefficient (Wildman–Crippen LogP) is 15.8. The lowest BCUT2D eigenvalue weighted by Gasteiger charge is -2.51. The Labute approximate surface area is 386 Å². The largest absolute Gasteiger partial charge is 0.208 e. The Hall–Kier alpha value is -5.92. The average molecular weight is 851 g/mol. The van der Waals surface area contributed by atoms with Crippen molar-refractivity contribution in [2.24, 2.45) is 35.5 Å².